The molecule has 21 heavy (non-hydrogen) atoms. The topological polar surface area (TPSA) is 41.6 Å². The molecule has 1 N–H and O–H groups in total. The number of amides is 2. The van der Waals surface area contributed by atoms with Crippen LogP contribution in [0.1, 0.15) is 40.5 Å². The molecule has 0 radical (unpaired) electrons. The van der Waals surface area contributed by atoms with Crippen LogP contribution in [0.4, 0.5) is 18.0 Å². The highest BCUT2D eigenvalue weighted by molar-refractivity contribution is 5.75. The van der Waals surface area contributed by atoms with E-state index in [0.29, 0.717) is 26.0 Å². The lowest BCUT2D eigenvalue weighted by Crippen LogP contribution is -2.65. The maximum atomic E-state index is 12.2. The molecule has 2 amide bonds. The zero-order valence-corrected chi connectivity index (χ0v) is 13.1. The first-order valence-electron chi connectivity index (χ1n) is 7.36. The highest BCUT2D eigenvalue weighted by Gasteiger charge is 2.52. The number of alkyl halides is 3. The Kier molecular flexibility index (Phi) is 5.90. The van der Waals surface area contributed by atoms with Crippen LogP contribution in [-0.2, 0) is 4.74 Å². The molecule has 0 saturated heterocycles. The van der Waals surface area contributed by atoms with E-state index in [1.807, 2.05) is 33.0 Å². The number of urea groups is 1. The van der Waals surface area contributed by atoms with Crippen molar-refractivity contribution in [1.82, 2.24) is 10.2 Å². The van der Waals surface area contributed by atoms with Gasteiger partial charge in [-0.15, -0.1) is 0 Å². The van der Waals surface area contributed by atoms with E-state index in [1.165, 1.54) is 4.90 Å². The maximum absolute atomic E-state index is 12.2. The van der Waals surface area contributed by atoms with Crippen molar-refractivity contribution < 1.29 is 22.7 Å². The Morgan fingerprint density at radius 2 is 2.00 bits per heavy atom. The van der Waals surface area contributed by atoms with Gasteiger partial charge in [-0.25, -0.2) is 4.79 Å². The van der Waals surface area contributed by atoms with Gasteiger partial charge in [-0.1, -0.05) is 20.8 Å². The highest BCUT2D eigenvalue weighted by atomic mass is 19.4. The van der Waals surface area contributed by atoms with Gasteiger partial charge in [-0.2, -0.15) is 13.2 Å². The number of nitrogens with one attached hydrogen (secondary N) is 1. The summed E-state index contributed by atoms with van der Waals surface area (Å²) in [4.78, 5) is 13.6. The van der Waals surface area contributed by atoms with Gasteiger partial charge in [0.1, 0.15) is 6.54 Å². The van der Waals surface area contributed by atoms with Crippen LogP contribution in [0.2, 0.25) is 0 Å². The fourth-order valence-electron chi connectivity index (χ4n) is 2.79. The molecular formula is C14H25F3N2O2. The Labute approximate surface area is 124 Å². The van der Waals surface area contributed by atoms with E-state index in [1.54, 1.807) is 0 Å². The number of halogens is 3. The van der Waals surface area contributed by atoms with E-state index >= 15 is 0 Å². The smallest absolute Gasteiger partial charge is 0.378 e. The Balaban J connectivity index is 2.68. The molecule has 124 valence electrons. The Morgan fingerprint density at radius 3 is 2.43 bits per heavy atom. The lowest BCUT2D eigenvalue weighted by Gasteiger charge is -2.55. The first-order chi connectivity index (χ1) is 9.63. The number of hydrogen-bond donors (Lipinski definition) is 1. The van der Waals surface area contributed by atoms with E-state index in [-0.39, 0.29) is 17.6 Å². The molecule has 1 rings (SSSR count). The standard InChI is InChI=1S/C14H25F3N2O2/c1-5-7-19(12(20)18-9-14(15,16)17)10-8-11(21-6-2)13(10,3)4/h10-11H,5-9H2,1-4H3,(H,18,20)/t10-,11+/m1/s1. The summed E-state index contributed by atoms with van der Waals surface area (Å²) in [5, 5.41) is 1.96. The normalized spacial score (nSPS) is 24.3. The van der Waals surface area contributed by atoms with Gasteiger partial charge in [0.2, 0.25) is 0 Å². The summed E-state index contributed by atoms with van der Waals surface area (Å²) in [5.41, 5.74) is -0.249. The number of carbonyl (C=O) groups excluding carboxylic acids is 1. The summed E-state index contributed by atoms with van der Waals surface area (Å²) in [6.07, 6.45) is -2.98. The molecule has 0 aromatic carbocycles. The average molecular weight is 310 g/mol. The SMILES string of the molecule is CCCN(C(=O)NCC(F)(F)F)[C@@H]1C[C@H](OCC)C1(C)C. The van der Waals surface area contributed by atoms with E-state index in [4.69, 9.17) is 4.74 Å². The minimum atomic E-state index is -4.39. The third kappa shape index (κ3) is 4.49. The molecule has 1 aliphatic carbocycles. The molecule has 2 atom stereocenters. The van der Waals surface area contributed by atoms with Gasteiger partial charge in [0.05, 0.1) is 6.10 Å². The molecule has 0 spiro atoms. The molecule has 0 heterocycles. The largest absolute Gasteiger partial charge is 0.405 e. The summed E-state index contributed by atoms with van der Waals surface area (Å²) < 4.78 is 42.3. The molecule has 1 aliphatic rings. The molecule has 1 saturated carbocycles. The molecule has 0 aromatic heterocycles. The van der Waals surface area contributed by atoms with Crippen molar-refractivity contribution in [2.24, 2.45) is 5.41 Å². The van der Waals surface area contributed by atoms with Crippen LogP contribution >= 0.6 is 0 Å². The lowest BCUT2D eigenvalue weighted by molar-refractivity contribution is -0.142. The summed E-state index contributed by atoms with van der Waals surface area (Å²) in [5.74, 6) is 0. The second-order valence-corrected chi connectivity index (χ2v) is 5.98. The van der Waals surface area contributed by atoms with Crippen LogP contribution < -0.4 is 5.32 Å². The first kappa shape index (κ1) is 18.1. The van der Waals surface area contributed by atoms with Crippen molar-refractivity contribution in [3.63, 3.8) is 0 Å². The third-order valence-corrected chi connectivity index (χ3v) is 4.04. The van der Waals surface area contributed by atoms with Crippen LogP contribution in [0.5, 0.6) is 0 Å². The second-order valence-electron chi connectivity index (χ2n) is 5.98. The summed E-state index contributed by atoms with van der Waals surface area (Å²) in [6.45, 7) is 7.51. The number of ether oxygens (including phenoxy) is 1. The summed E-state index contributed by atoms with van der Waals surface area (Å²) in [7, 11) is 0. The van der Waals surface area contributed by atoms with Crippen molar-refractivity contribution in [2.75, 3.05) is 19.7 Å². The van der Waals surface area contributed by atoms with Gasteiger partial charge < -0.3 is 15.0 Å². The van der Waals surface area contributed by atoms with Crippen LogP contribution in [-0.4, -0.2) is 48.9 Å². The van der Waals surface area contributed by atoms with E-state index in [2.05, 4.69) is 0 Å². The van der Waals surface area contributed by atoms with Crippen molar-refractivity contribution in [3.05, 3.63) is 0 Å². The van der Waals surface area contributed by atoms with Gasteiger partial charge in [-0.3, -0.25) is 0 Å². The van der Waals surface area contributed by atoms with Crippen molar-refractivity contribution >= 4 is 6.03 Å². The van der Waals surface area contributed by atoms with Crippen molar-refractivity contribution in [1.29, 1.82) is 0 Å². The minimum absolute atomic E-state index is 0.0438. The number of nitrogens with zero attached hydrogens (tertiary/aromatic N) is 1. The third-order valence-electron chi connectivity index (χ3n) is 4.04. The lowest BCUT2D eigenvalue weighted by atomic mass is 9.63. The van der Waals surface area contributed by atoms with Crippen LogP contribution in [0.15, 0.2) is 0 Å². The predicted octanol–water partition coefficient (Wildman–Crippen LogP) is 3.17. The van der Waals surface area contributed by atoms with Gasteiger partial charge in [-0.05, 0) is 19.8 Å². The summed E-state index contributed by atoms with van der Waals surface area (Å²) in [6, 6.07) is -0.746. The van der Waals surface area contributed by atoms with E-state index < -0.39 is 18.8 Å². The fourth-order valence-corrected chi connectivity index (χ4v) is 2.79. The van der Waals surface area contributed by atoms with Gasteiger partial charge in [0, 0.05) is 24.6 Å². The van der Waals surface area contributed by atoms with Crippen LogP contribution in [0.3, 0.4) is 0 Å². The highest BCUT2D eigenvalue weighted by Crippen LogP contribution is 2.45. The summed E-state index contributed by atoms with van der Waals surface area (Å²) >= 11 is 0. The number of rotatable bonds is 6. The molecule has 0 unspecified atom stereocenters. The minimum Gasteiger partial charge on any atom is -0.378 e. The van der Waals surface area contributed by atoms with E-state index in [0.717, 1.165) is 0 Å². The zero-order chi connectivity index (χ0) is 16.3. The molecular weight excluding hydrogens is 285 g/mol. The Morgan fingerprint density at radius 1 is 1.38 bits per heavy atom. The maximum Gasteiger partial charge on any atom is 0.405 e. The molecule has 0 bridgehead atoms. The van der Waals surface area contributed by atoms with Crippen LogP contribution in [0, 0.1) is 5.41 Å². The zero-order valence-electron chi connectivity index (χ0n) is 13.1. The monoisotopic (exact) mass is 310 g/mol. The van der Waals surface area contributed by atoms with Crippen LogP contribution in [0.25, 0.3) is 0 Å². The molecule has 1 fully saturated rings. The van der Waals surface area contributed by atoms with Crippen molar-refractivity contribution in [3.8, 4) is 0 Å². The average Bonchev–Trinajstić information content (AvgIpc) is 2.37. The quantitative estimate of drug-likeness (QED) is 0.818. The fraction of sp³-hybridized carbons (Fsp3) is 0.929. The second kappa shape index (κ2) is 6.85. The number of hydrogen-bond acceptors (Lipinski definition) is 2. The van der Waals surface area contributed by atoms with Gasteiger partial charge in [0.15, 0.2) is 0 Å². The molecule has 7 heteroatoms. The Hall–Kier alpha value is -0.980. The number of carbonyl (C=O) groups is 1. The Bertz CT molecular complexity index is 359. The van der Waals surface area contributed by atoms with E-state index in [9.17, 15) is 18.0 Å². The molecule has 0 aromatic rings. The van der Waals surface area contributed by atoms with Gasteiger partial charge in [0.25, 0.3) is 0 Å². The van der Waals surface area contributed by atoms with Crippen molar-refractivity contribution in [2.45, 2.75) is 58.9 Å². The molecule has 0 aliphatic heterocycles. The first-order valence-corrected chi connectivity index (χ1v) is 7.36. The molecule has 4 nitrogen and oxygen atoms in total. The predicted molar refractivity (Wildman–Crippen MR) is 74.1 cm³/mol. The van der Waals surface area contributed by atoms with Gasteiger partial charge >= 0.3 is 12.2 Å².